The summed E-state index contributed by atoms with van der Waals surface area (Å²) < 4.78 is 5.49. The lowest BCUT2D eigenvalue weighted by molar-refractivity contribution is 0.0186. The minimum Gasteiger partial charge on any atom is -0.444 e. The summed E-state index contributed by atoms with van der Waals surface area (Å²) in [5, 5.41) is 12.5. The average molecular weight is 451 g/mol. The average Bonchev–Trinajstić information content (AvgIpc) is 2.79. The Morgan fingerprint density at radius 1 is 1.27 bits per heavy atom. The number of amides is 1. The van der Waals surface area contributed by atoms with Gasteiger partial charge in [-0.3, -0.25) is 0 Å². The first-order valence-electron chi connectivity index (χ1n) is 11.5. The van der Waals surface area contributed by atoms with E-state index >= 15 is 0 Å². The van der Waals surface area contributed by atoms with Gasteiger partial charge in [-0.05, 0) is 69.7 Å². The van der Waals surface area contributed by atoms with Gasteiger partial charge in [0.2, 0.25) is 0 Å². The lowest BCUT2D eigenvalue weighted by Crippen LogP contribution is -2.43. The Labute approximate surface area is 196 Å². The van der Waals surface area contributed by atoms with Gasteiger partial charge in [0.1, 0.15) is 23.6 Å². The Balaban J connectivity index is 1.58. The van der Waals surface area contributed by atoms with Gasteiger partial charge in [-0.2, -0.15) is 5.26 Å². The summed E-state index contributed by atoms with van der Waals surface area (Å²) in [4.78, 5) is 25.0. The molecular formula is C25H34N6O2. The van der Waals surface area contributed by atoms with Crippen molar-refractivity contribution in [1.82, 2.24) is 14.9 Å². The number of nitrogens with zero attached hydrogens (tertiary/aromatic N) is 5. The number of hydrogen-bond donors (Lipinski definition) is 1. The molecule has 176 valence electrons. The highest BCUT2D eigenvalue weighted by molar-refractivity contribution is 5.68. The Hall–Kier alpha value is -3.34. The van der Waals surface area contributed by atoms with Gasteiger partial charge in [0.15, 0.2) is 0 Å². The monoisotopic (exact) mass is 450 g/mol. The van der Waals surface area contributed by atoms with Crippen molar-refractivity contribution < 1.29 is 9.53 Å². The van der Waals surface area contributed by atoms with E-state index in [0.717, 1.165) is 42.9 Å². The van der Waals surface area contributed by atoms with Gasteiger partial charge in [-0.25, -0.2) is 14.8 Å². The van der Waals surface area contributed by atoms with Crippen LogP contribution in [-0.2, 0) is 11.2 Å². The largest absolute Gasteiger partial charge is 0.444 e. The molecule has 3 rings (SSSR count). The fourth-order valence-corrected chi connectivity index (χ4v) is 3.95. The quantitative estimate of drug-likeness (QED) is 0.679. The summed E-state index contributed by atoms with van der Waals surface area (Å²) in [7, 11) is 2.03. The first-order chi connectivity index (χ1) is 15.7. The second-order valence-corrected chi connectivity index (χ2v) is 9.52. The van der Waals surface area contributed by atoms with Crippen molar-refractivity contribution in [1.29, 1.82) is 5.26 Å². The summed E-state index contributed by atoms with van der Waals surface area (Å²) in [6, 6.07) is 9.75. The third kappa shape index (κ3) is 6.82. The molecule has 1 fully saturated rings. The summed E-state index contributed by atoms with van der Waals surface area (Å²) in [5.41, 5.74) is 2.19. The van der Waals surface area contributed by atoms with E-state index in [1.807, 2.05) is 46.0 Å². The van der Waals surface area contributed by atoms with Crippen LogP contribution in [0.3, 0.4) is 0 Å². The summed E-state index contributed by atoms with van der Waals surface area (Å²) in [6.45, 7) is 10.0. The lowest BCUT2D eigenvalue weighted by Gasteiger charge is -2.35. The summed E-state index contributed by atoms with van der Waals surface area (Å²) >= 11 is 0. The van der Waals surface area contributed by atoms with Crippen LogP contribution in [0, 0.1) is 17.2 Å². The maximum absolute atomic E-state index is 12.3. The normalized spacial score (nSPS) is 14.5. The van der Waals surface area contributed by atoms with E-state index in [1.165, 1.54) is 0 Å². The van der Waals surface area contributed by atoms with Crippen LogP contribution in [0.4, 0.5) is 22.1 Å². The number of aromatic nitrogens is 2. The van der Waals surface area contributed by atoms with Crippen LogP contribution in [0.1, 0.15) is 51.7 Å². The Kier molecular flexibility index (Phi) is 7.75. The van der Waals surface area contributed by atoms with Crippen LogP contribution in [-0.4, -0.2) is 53.2 Å². The van der Waals surface area contributed by atoms with Crippen LogP contribution in [0.15, 0.2) is 30.6 Å². The molecule has 1 saturated heterocycles. The molecule has 2 heterocycles. The predicted molar refractivity (Wildman–Crippen MR) is 130 cm³/mol. The van der Waals surface area contributed by atoms with Crippen molar-refractivity contribution in [2.75, 3.05) is 36.9 Å². The van der Waals surface area contributed by atoms with Crippen molar-refractivity contribution in [3.63, 3.8) is 0 Å². The molecule has 1 N–H and O–H groups in total. The third-order valence-electron chi connectivity index (χ3n) is 5.72. The number of hydrogen-bond acceptors (Lipinski definition) is 7. The molecule has 1 aromatic carbocycles. The molecule has 1 amide bonds. The van der Waals surface area contributed by atoms with Gasteiger partial charge < -0.3 is 19.9 Å². The van der Waals surface area contributed by atoms with Crippen molar-refractivity contribution in [3.05, 3.63) is 41.7 Å². The fourth-order valence-electron chi connectivity index (χ4n) is 3.95. The molecule has 0 saturated carbocycles. The molecule has 8 nitrogen and oxygen atoms in total. The number of likely N-dealkylation sites (tertiary alicyclic amines) is 1. The number of rotatable bonds is 6. The zero-order chi connectivity index (χ0) is 24.0. The number of benzene rings is 1. The molecule has 33 heavy (non-hydrogen) atoms. The number of nitriles is 1. The Bertz CT molecular complexity index is 1000. The highest BCUT2D eigenvalue weighted by Crippen LogP contribution is 2.25. The van der Waals surface area contributed by atoms with Gasteiger partial charge >= 0.3 is 6.09 Å². The van der Waals surface area contributed by atoms with Gasteiger partial charge in [0, 0.05) is 38.4 Å². The minimum absolute atomic E-state index is 0.227. The number of piperidine rings is 1. The maximum atomic E-state index is 12.3. The topological polar surface area (TPSA) is 94.4 Å². The first-order valence-corrected chi connectivity index (χ1v) is 11.5. The molecule has 1 aliphatic rings. The lowest BCUT2D eigenvalue weighted by atomic mass is 9.96. The van der Waals surface area contributed by atoms with Crippen molar-refractivity contribution in [2.45, 2.75) is 52.6 Å². The second-order valence-electron chi connectivity index (χ2n) is 9.52. The van der Waals surface area contributed by atoms with Gasteiger partial charge in [0.05, 0.1) is 11.6 Å². The fraction of sp³-hybridized carbons (Fsp3) is 0.520. The number of nitrogens with one attached hydrogen (secondary N) is 1. The van der Waals surface area contributed by atoms with Crippen LogP contribution in [0.2, 0.25) is 0 Å². The number of anilines is 3. The number of ether oxygens (including phenoxy) is 1. The molecule has 0 aliphatic carbocycles. The Morgan fingerprint density at radius 3 is 2.64 bits per heavy atom. The first kappa shape index (κ1) is 24.3. The van der Waals surface area contributed by atoms with Crippen LogP contribution < -0.4 is 10.2 Å². The van der Waals surface area contributed by atoms with E-state index in [0.29, 0.717) is 30.4 Å². The summed E-state index contributed by atoms with van der Waals surface area (Å²) in [5.74, 6) is 2.03. The van der Waals surface area contributed by atoms with E-state index in [2.05, 4.69) is 33.2 Å². The van der Waals surface area contributed by atoms with Gasteiger partial charge in [-0.15, -0.1) is 0 Å². The maximum Gasteiger partial charge on any atom is 0.410 e. The summed E-state index contributed by atoms with van der Waals surface area (Å²) in [6.07, 6.45) is 4.03. The van der Waals surface area contributed by atoms with Crippen molar-refractivity contribution in [3.8, 4) is 6.07 Å². The van der Waals surface area contributed by atoms with Crippen molar-refractivity contribution >= 4 is 23.4 Å². The predicted octanol–water partition coefficient (Wildman–Crippen LogP) is 4.74. The number of carbonyl (C=O) groups excluding carboxylic acids is 1. The molecule has 1 aliphatic heterocycles. The van der Waals surface area contributed by atoms with Gasteiger partial charge in [-0.1, -0.05) is 6.92 Å². The SMILES string of the molecule is CCc1cc(C#N)ccc1Nc1cc(N(C)CC2CCN(C(=O)OC(C)(C)C)CC2)ncn1. The molecule has 2 aromatic rings. The molecule has 1 aromatic heterocycles. The van der Waals surface area contributed by atoms with Crippen LogP contribution in [0.25, 0.3) is 0 Å². The van der Waals surface area contributed by atoms with Crippen molar-refractivity contribution in [2.24, 2.45) is 5.92 Å². The van der Waals surface area contributed by atoms with Crippen LogP contribution >= 0.6 is 0 Å². The molecule has 0 spiro atoms. The van der Waals surface area contributed by atoms with Crippen LogP contribution in [0.5, 0.6) is 0 Å². The second kappa shape index (κ2) is 10.5. The molecule has 0 radical (unpaired) electrons. The third-order valence-corrected chi connectivity index (χ3v) is 5.72. The van der Waals surface area contributed by atoms with E-state index in [-0.39, 0.29) is 6.09 Å². The zero-order valence-corrected chi connectivity index (χ0v) is 20.3. The van der Waals surface area contributed by atoms with E-state index in [4.69, 9.17) is 10.00 Å². The van der Waals surface area contributed by atoms with E-state index < -0.39 is 5.60 Å². The van der Waals surface area contributed by atoms with E-state index in [1.54, 1.807) is 17.3 Å². The molecule has 0 atom stereocenters. The highest BCUT2D eigenvalue weighted by Gasteiger charge is 2.27. The van der Waals surface area contributed by atoms with E-state index in [9.17, 15) is 4.79 Å². The Morgan fingerprint density at radius 2 is 2.00 bits per heavy atom. The number of carbonyl (C=O) groups is 1. The zero-order valence-electron chi connectivity index (χ0n) is 20.3. The standard InChI is InChI=1S/C25H34N6O2/c1-6-20-13-19(15-26)7-8-21(20)29-22-14-23(28-17-27-22)30(5)16-18-9-11-31(12-10-18)24(32)33-25(2,3)4/h7-8,13-14,17-18H,6,9-12,16H2,1-5H3,(H,27,28,29). The smallest absolute Gasteiger partial charge is 0.410 e. The molecule has 8 heteroatoms. The highest BCUT2D eigenvalue weighted by atomic mass is 16.6. The minimum atomic E-state index is -0.470. The van der Waals surface area contributed by atoms with Gasteiger partial charge in [0.25, 0.3) is 0 Å². The molecule has 0 bridgehead atoms. The number of aryl methyl sites for hydroxylation is 1. The molecule has 0 unspecified atom stereocenters. The molecular weight excluding hydrogens is 416 g/mol.